The number of nitrogens with zero attached hydrogens (tertiary/aromatic N) is 1. The first kappa shape index (κ1) is 22.0. The summed E-state index contributed by atoms with van der Waals surface area (Å²) >= 11 is 0. The molecule has 0 atom stereocenters. The topological polar surface area (TPSA) is 15.3 Å². The van der Waals surface area contributed by atoms with E-state index in [9.17, 15) is 0 Å². The minimum atomic E-state index is -1.72. The zero-order chi connectivity index (χ0) is 19.2. The molecule has 1 saturated heterocycles. The summed E-state index contributed by atoms with van der Waals surface area (Å²) in [6, 6.07) is 31.7. The zero-order valence-corrected chi connectivity index (χ0v) is 19.6. The molecule has 0 bridgehead atoms. The Morgan fingerprint density at radius 1 is 0.759 bits per heavy atom. The average Bonchev–Trinajstić information content (AvgIpc) is 2.79. The Hall–Kier alpha value is -1.67. The Labute approximate surface area is 186 Å². The van der Waals surface area contributed by atoms with Crippen LogP contribution in [-0.4, -0.2) is 32.3 Å². The molecule has 0 aliphatic carbocycles. The maximum absolute atomic E-state index is 3.50. The van der Waals surface area contributed by atoms with Gasteiger partial charge in [-0.05, 0) is 42.8 Å². The lowest BCUT2D eigenvalue weighted by Crippen LogP contribution is -3.00. The molecule has 1 N–H and O–H groups in total. The highest BCUT2D eigenvalue weighted by Gasteiger charge is 2.46. The molecule has 3 aromatic rings. The smallest absolute Gasteiger partial charge is 0.128 e. The van der Waals surface area contributed by atoms with E-state index in [1.807, 2.05) is 0 Å². The number of hydrogen-bond acceptors (Lipinski definition) is 2. The predicted molar refractivity (Wildman–Crippen MR) is 125 cm³/mol. The van der Waals surface area contributed by atoms with Gasteiger partial charge in [-0.15, -0.1) is 0 Å². The van der Waals surface area contributed by atoms with Crippen LogP contribution in [0.15, 0.2) is 84.9 Å². The molecule has 1 fully saturated rings. The quantitative estimate of drug-likeness (QED) is 0.538. The molecule has 3 aromatic carbocycles. The van der Waals surface area contributed by atoms with Crippen LogP contribution in [0.5, 0.6) is 0 Å². The summed E-state index contributed by atoms with van der Waals surface area (Å²) in [5.74, 6) is 0. The number of para-hydroxylation sites is 1. The molecule has 0 unspecified atom stereocenters. The van der Waals surface area contributed by atoms with E-state index in [4.69, 9.17) is 0 Å². The number of anilines is 1. The van der Waals surface area contributed by atoms with E-state index in [-0.39, 0.29) is 17.0 Å². The van der Waals surface area contributed by atoms with Gasteiger partial charge in [-0.2, -0.15) is 0 Å². The van der Waals surface area contributed by atoms with Gasteiger partial charge in [0.2, 0.25) is 0 Å². The number of halogens is 1. The average molecular weight is 469 g/mol. The standard InChI is InChI=1S/C25H30N2P.BrH/c1-2-21-28(22-11-5-3-6-12-22,23-13-7-4-8-14-23)25-16-10-9-15-24(25)27-19-17-26-18-20-27;/h3-16,26H,2,17-21H2,1H3;1H/q+1;/p-1. The van der Waals surface area contributed by atoms with Crippen molar-refractivity contribution in [2.45, 2.75) is 13.3 Å². The van der Waals surface area contributed by atoms with Gasteiger partial charge in [-0.1, -0.05) is 55.5 Å². The summed E-state index contributed by atoms with van der Waals surface area (Å²) < 4.78 is 0. The summed E-state index contributed by atoms with van der Waals surface area (Å²) in [6.07, 6.45) is 2.37. The highest BCUT2D eigenvalue weighted by Crippen LogP contribution is 2.57. The highest BCUT2D eigenvalue weighted by molar-refractivity contribution is 7.96. The van der Waals surface area contributed by atoms with Gasteiger partial charge >= 0.3 is 0 Å². The summed E-state index contributed by atoms with van der Waals surface area (Å²) in [5, 5.41) is 8.02. The Morgan fingerprint density at radius 3 is 1.83 bits per heavy atom. The molecule has 152 valence electrons. The summed E-state index contributed by atoms with van der Waals surface area (Å²) in [7, 11) is -1.72. The molecule has 4 rings (SSSR count). The second kappa shape index (κ2) is 10.4. The summed E-state index contributed by atoms with van der Waals surface area (Å²) in [6.45, 7) is 6.60. The van der Waals surface area contributed by atoms with Crippen molar-refractivity contribution in [1.29, 1.82) is 0 Å². The van der Waals surface area contributed by atoms with Crippen molar-refractivity contribution in [3.63, 3.8) is 0 Å². The minimum Gasteiger partial charge on any atom is -1.00 e. The molecule has 2 nitrogen and oxygen atoms in total. The van der Waals surface area contributed by atoms with Gasteiger partial charge in [0.05, 0.1) is 11.8 Å². The lowest BCUT2D eigenvalue weighted by Gasteiger charge is -2.35. The number of nitrogens with one attached hydrogen (secondary N) is 1. The molecular weight excluding hydrogens is 439 g/mol. The van der Waals surface area contributed by atoms with E-state index in [0.29, 0.717) is 0 Å². The van der Waals surface area contributed by atoms with Crippen molar-refractivity contribution in [2.75, 3.05) is 37.2 Å². The number of hydrogen-bond donors (Lipinski definition) is 1. The Morgan fingerprint density at radius 2 is 1.28 bits per heavy atom. The van der Waals surface area contributed by atoms with Crippen molar-refractivity contribution in [3.05, 3.63) is 84.9 Å². The highest BCUT2D eigenvalue weighted by atomic mass is 79.9. The first-order valence-corrected chi connectivity index (χ1v) is 12.4. The monoisotopic (exact) mass is 468 g/mol. The second-order valence-electron chi connectivity index (χ2n) is 7.43. The molecular formula is C25H30BrN2P. The van der Waals surface area contributed by atoms with Crippen molar-refractivity contribution in [3.8, 4) is 0 Å². The van der Waals surface area contributed by atoms with Crippen molar-refractivity contribution < 1.29 is 17.0 Å². The lowest BCUT2D eigenvalue weighted by atomic mass is 10.2. The molecule has 0 saturated carbocycles. The molecule has 0 aromatic heterocycles. The van der Waals surface area contributed by atoms with E-state index in [1.54, 1.807) is 0 Å². The van der Waals surface area contributed by atoms with Gasteiger partial charge in [0.15, 0.2) is 0 Å². The first-order valence-electron chi connectivity index (χ1n) is 10.4. The first-order chi connectivity index (χ1) is 13.9. The van der Waals surface area contributed by atoms with E-state index in [1.165, 1.54) is 34.2 Å². The zero-order valence-electron chi connectivity index (χ0n) is 17.1. The number of benzene rings is 3. The van der Waals surface area contributed by atoms with Gasteiger partial charge < -0.3 is 27.2 Å². The lowest BCUT2D eigenvalue weighted by molar-refractivity contribution is -0.00000554. The second-order valence-corrected chi connectivity index (χ2v) is 11.0. The molecule has 1 heterocycles. The van der Waals surface area contributed by atoms with Gasteiger partial charge in [-0.25, -0.2) is 0 Å². The molecule has 0 amide bonds. The van der Waals surface area contributed by atoms with E-state index < -0.39 is 7.26 Å². The summed E-state index contributed by atoms with van der Waals surface area (Å²) in [4.78, 5) is 2.59. The maximum atomic E-state index is 3.50. The van der Waals surface area contributed by atoms with Crippen LogP contribution in [0.2, 0.25) is 0 Å². The Balaban J connectivity index is 0.00000240. The van der Waals surface area contributed by atoms with Crippen molar-refractivity contribution in [1.82, 2.24) is 5.32 Å². The Kier molecular flexibility index (Phi) is 7.89. The number of piperazine rings is 1. The van der Waals surface area contributed by atoms with Crippen LogP contribution < -0.4 is 43.1 Å². The largest absolute Gasteiger partial charge is 1.00 e. The molecule has 1 aliphatic heterocycles. The van der Waals surface area contributed by atoms with Gasteiger partial charge in [-0.3, -0.25) is 0 Å². The molecule has 4 heteroatoms. The van der Waals surface area contributed by atoms with Crippen LogP contribution in [0.3, 0.4) is 0 Å². The third-order valence-corrected chi connectivity index (χ3v) is 10.4. The predicted octanol–water partition coefficient (Wildman–Crippen LogP) is 0.804. The van der Waals surface area contributed by atoms with Gasteiger partial charge in [0.25, 0.3) is 0 Å². The fourth-order valence-electron chi connectivity index (χ4n) is 4.47. The van der Waals surface area contributed by atoms with Crippen LogP contribution in [-0.2, 0) is 0 Å². The third kappa shape index (κ3) is 4.43. The van der Waals surface area contributed by atoms with Crippen molar-refractivity contribution in [2.24, 2.45) is 0 Å². The maximum Gasteiger partial charge on any atom is 0.128 e. The van der Waals surface area contributed by atoms with Gasteiger partial charge in [0, 0.05) is 26.2 Å². The van der Waals surface area contributed by atoms with Crippen LogP contribution in [0, 0.1) is 0 Å². The van der Waals surface area contributed by atoms with E-state index >= 15 is 0 Å². The minimum absolute atomic E-state index is 0. The van der Waals surface area contributed by atoms with Crippen LogP contribution in [0.4, 0.5) is 5.69 Å². The summed E-state index contributed by atoms with van der Waals surface area (Å²) in [5.41, 5.74) is 1.43. The SMILES string of the molecule is CCC[P+](c1ccccc1)(c1ccccc1)c1ccccc1N1CCNCC1.[Br-]. The molecule has 1 aliphatic rings. The van der Waals surface area contributed by atoms with Gasteiger partial charge in [0.1, 0.15) is 23.2 Å². The Bertz CT molecular complexity index is 840. The fraction of sp³-hybridized carbons (Fsp3) is 0.280. The van der Waals surface area contributed by atoms with Crippen LogP contribution in [0.25, 0.3) is 0 Å². The van der Waals surface area contributed by atoms with Crippen molar-refractivity contribution >= 4 is 28.9 Å². The van der Waals surface area contributed by atoms with Crippen LogP contribution >= 0.6 is 7.26 Å². The van der Waals surface area contributed by atoms with E-state index in [2.05, 4.69) is 102 Å². The normalized spacial score (nSPS) is 14.3. The van der Waals surface area contributed by atoms with E-state index in [0.717, 1.165) is 26.2 Å². The fourth-order valence-corrected chi connectivity index (χ4v) is 9.06. The third-order valence-electron chi connectivity index (χ3n) is 5.70. The van der Waals surface area contributed by atoms with Crippen LogP contribution in [0.1, 0.15) is 13.3 Å². The molecule has 29 heavy (non-hydrogen) atoms. The molecule has 0 spiro atoms. The number of rotatable bonds is 6. The molecule has 0 radical (unpaired) electrons.